The molecular weight excluding hydrogens is 230 g/mol. The Bertz CT molecular complexity index is 356. The molecule has 0 unspecified atom stereocenters. The van der Waals surface area contributed by atoms with Gasteiger partial charge in [0.2, 0.25) is 0 Å². The fourth-order valence-corrected chi connectivity index (χ4v) is 3.18. The second-order valence-electron chi connectivity index (χ2n) is 5.26. The molecule has 1 N–H and O–H groups in total. The lowest BCUT2D eigenvalue weighted by molar-refractivity contribution is 0.280. The van der Waals surface area contributed by atoms with Crippen molar-refractivity contribution in [1.29, 1.82) is 0 Å². The van der Waals surface area contributed by atoms with Crippen molar-refractivity contribution in [2.75, 3.05) is 13.1 Å². The molecule has 0 aromatic heterocycles. The molecule has 1 aliphatic carbocycles. The first kappa shape index (κ1) is 12.9. The van der Waals surface area contributed by atoms with Crippen LogP contribution in [0.1, 0.15) is 38.2 Å². The molecule has 94 valence electrons. The minimum atomic E-state index is 0.445. The molecule has 1 saturated carbocycles. The van der Waals surface area contributed by atoms with Gasteiger partial charge in [-0.05, 0) is 42.9 Å². The van der Waals surface area contributed by atoms with Crippen LogP contribution in [0.2, 0.25) is 5.02 Å². The zero-order valence-electron chi connectivity index (χ0n) is 10.6. The van der Waals surface area contributed by atoms with Crippen molar-refractivity contribution >= 4 is 11.6 Å². The molecule has 0 saturated heterocycles. The summed E-state index contributed by atoms with van der Waals surface area (Å²) in [5.74, 6) is 0. The van der Waals surface area contributed by atoms with Crippen molar-refractivity contribution < 1.29 is 0 Å². The van der Waals surface area contributed by atoms with E-state index < -0.39 is 0 Å². The third kappa shape index (κ3) is 3.23. The van der Waals surface area contributed by atoms with Crippen LogP contribution in [0.15, 0.2) is 24.3 Å². The number of rotatable bonds is 5. The third-order valence-electron chi connectivity index (χ3n) is 3.94. The Labute approximate surface area is 110 Å². The maximum absolute atomic E-state index is 6.28. The lowest BCUT2D eigenvalue weighted by atomic mass is 9.80. The van der Waals surface area contributed by atoms with E-state index in [9.17, 15) is 0 Å². The van der Waals surface area contributed by atoms with E-state index in [1.807, 2.05) is 12.1 Å². The van der Waals surface area contributed by atoms with Crippen LogP contribution in [-0.4, -0.2) is 13.1 Å². The first-order valence-electron chi connectivity index (χ1n) is 6.70. The highest BCUT2D eigenvalue weighted by Gasteiger charge is 2.33. The van der Waals surface area contributed by atoms with Crippen LogP contribution in [0.4, 0.5) is 0 Å². The Morgan fingerprint density at radius 2 is 1.94 bits per heavy atom. The average molecular weight is 252 g/mol. The molecule has 1 fully saturated rings. The molecule has 0 atom stereocenters. The van der Waals surface area contributed by atoms with Gasteiger partial charge in [0, 0.05) is 11.6 Å². The molecular formula is C15H22ClN. The molecule has 0 aliphatic heterocycles. The smallest absolute Gasteiger partial charge is 0.0438 e. The van der Waals surface area contributed by atoms with Gasteiger partial charge in [0.25, 0.3) is 0 Å². The Morgan fingerprint density at radius 3 is 2.59 bits per heavy atom. The number of nitrogens with one attached hydrogen (secondary N) is 1. The zero-order chi connectivity index (χ0) is 12.1. The SMILES string of the molecule is CCNCC1(Cc2ccccc2Cl)CCCC1. The molecule has 1 aromatic carbocycles. The van der Waals surface area contributed by atoms with Gasteiger partial charge in [-0.15, -0.1) is 0 Å². The van der Waals surface area contributed by atoms with E-state index in [1.165, 1.54) is 31.2 Å². The molecule has 1 aliphatic rings. The van der Waals surface area contributed by atoms with Gasteiger partial charge in [-0.3, -0.25) is 0 Å². The van der Waals surface area contributed by atoms with Gasteiger partial charge in [-0.2, -0.15) is 0 Å². The maximum atomic E-state index is 6.28. The van der Waals surface area contributed by atoms with Gasteiger partial charge < -0.3 is 5.32 Å². The highest BCUT2D eigenvalue weighted by Crippen LogP contribution is 2.41. The third-order valence-corrected chi connectivity index (χ3v) is 4.31. The number of halogens is 1. The molecule has 0 heterocycles. The summed E-state index contributed by atoms with van der Waals surface area (Å²) < 4.78 is 0. The summed E-state index contributed by atoms with van der Waals surface area (Å²) in [6.07, 6.45) is 6.54. The Morgan fingerprint density at radius 1 is 1.24 bits per heavy atom. The standard InChI is InChI=1S/C15H22ClN/c1-2-17-12-15(9-5-6-10-15)11-13-7-3-4-8-14(13)16/h3-4,7-8,17H,2,5-6,9-12H2,1H3. The quantitative estimate of drug-likeness (QED) is 0.833. The van der Waals surface area contributed by atoms with E-state index >= 15 is 0 Å². The predicted molar refractivity (Wildman–Crippen MR) is 74.6 cm³/mol. The van der Waals surface area contributed by atoms with Crippen molar-refractivity contribution in [1.82, 2.24) is 5.32 Å². The van der Waals surface area contributed by atoms with Gasteiger partial charge in [0.1, 0.15) is 0 Å². The molecule has 2 rings (SSSR count). The minimum absolute atomic E-state index is 0.445. The van der Waals surface area contributed by atoms with Gasteiger partial charge >= 0.3 is 0 Å². The van der Waals surface area contributed by atoms with Crippen LogP contribution < -0.4 is 5.32 Å². The normalized spacial score (nSPS) is 18.5. The van der Waals surface area contributed by atoms with Crippen LogP contribution in [0.3, 0.4) is 0 Å². The van der Waals surface area contributed by atoms with Crippen molar-refractivity contribution in [2.24, 2.45) is 5.41 Å². The lowest BCUT2D eigenvalue weighted by Gasteiger charge is -2.30. The second kappa shape index (κ2) is 5.88. The molecule has 0 amide bonds. The minimum Gasteiger partial charge on any atom is -0.316 e. The van der Waals surface area contributed by atoms with Crippen molar-refractivity contribution in [2.45, 2.75) is 39.0 Å². The fourth-order valence-electron chi connectivity index (χ4n) is 2.98. The molecule has 0 spiro atoms. The fraction of sp³-hybridized carbons (Fsp3) is 0.600. The monoisotopic (exact) mass is 251 g/mol. The summed E-state index contributed by atoms with van der Waals surface area (Å²) >= 11 is 6.28. The molecule has 17 heavy (non-hydrogen) atoms. The van der Waals surface area contributed by atoms with E-state index in [0.717, 1.165) is 24.5 Å². The molecule has 0 radical (unpaired) electrons. The first-order chi connectivity index (χ1) is 8.26. The van der Waals surface area contributed by atoms with Gasteiger partial charge in [-0.1, -0.05) is 49.6 Å². The average Bonchev–Trinajstić information content (AvgIpc) is 2.79. The Kier molecular flexibility index (Phi) is 4.47. The molecule has 2 heteroatoms. The van der Waals surface area contributed by atoms with Crippen molar-refractivity contribution in [3.05, 3.63) is 34.9 Å². The maximum Gasteiger partial charge on any atom is 0.0438 e. The van der Waals surface area contributed by atoms with Crippen LogP contribution >= 0.6 is 11.6 Å². The predicted octanol–water partition coefficient (Wildman–Crippen LogP) is 4.05. The second-order valence-corrected chi connectivity index (χ2v) is 5.66. The van der Waals surface area contributed by atoms with E-state index in [1.54, 1.807) is 0 Å². The van der Waals surface area contributed by atoms with E-state index in [2.05, 4.69) is 24.4 Å². The zero-order valence-corrected chi connectivity index (χ0v) is 11.4. The van der Waals surface area contributed by atoms with Crippen molar-refractivity contribution in [3.8, 4) is 0 Å². The first-order valence-corrected chi connectivity index (χ1v) is 7.08. The summed E-state index contributed by atoms with van der Waals surface area (Å²) in [5.41, 5.74) is 1.76. The summed E-state index contributed by atoms with van der Waals surface area (Å²) in [4.78, 5) is 0. The lowest BCUT2D eigenvalue weighted by Crippen LogP contribution is -2.34. The summed E-state index contributed by atoms with van der Waals surface area (Å²) in [6, 6.07) is 8.29. The van der Waals surface area contributed by atoms with Crippen LogP contribution in [0.25, 0.3) is 0 Å². The summed E-state index contributed by atoms with van der Waals surface area (Å²) in [5, 5.41) is 4.45. The number of benzene rings is 1. The van der Waals surface area contributed by atoms with Crippen LogP contribution in [0.5, 0.6) is 0 Å². The number of hydrogen-bond donors (Lipinski definition) is 1. The Balaban J connectivity index is 2.10. The molecule has 0 bridgehead atoms. The number of hydrogen-bond acceptors (Lipinski definition) is 1. The van der Waals surface area contributed by atoms with E-state index in [-0.39, 0.29) is 0 Å². The Hall–Kier alpha value is -0.530. The topological polar surface area (TPSA) is 12.0 Å². The van der Waals surface area contributed by atoms with Gasteiger partial charge in [-0.25, -0.2) is 0 Å². The van der Waals surface area contributed by atoms with E-state index in [0.29, 0.717) is 5.41 Å². The molecule has 1 aromatic rings. The van der Waals surface area contributed by atoms with Crippen molar-refractivity contribution in [3.63, 3.8) is 0 Å². The summed E-state index contributed by atoms with van der Waals surface area (Å²) in [6.45, 7) is 4.37. The van der Waals surface area contributed by atoms with Crippen LogP contribution in [0, 0.1) is 5.41 Å². The highest BCUT2D eigenvalue weighted by atomic mass is 35.5. The highest BCUT2D eigenvalue weighted by molar-refractivity contribution is 6.31. The van der Waals surface area contributed by atoms with Gasteiger partial charge in [0.05, 0.1) is 0 Å². The van der Waals surface area contributed by atoms with E-state index in [4.69, 9.17) is 11.6 Å². The van der Waals surface area contributed by atoms with Crippen LogP contribution in [-0.2, 0) is 6.42 Å². The summed E-state index contributed by atoms with van der Waals surface area (Å²) in [7, 11) is 0. The van der Waals surface area contributed by atoms with Gasteiger partial charge in [0.15, 0.2) is 0 Å². The largest absolute Gasteiger partial charge is 0.316 e. The molecule has 1 nitrogen and oxygen atoms in total.